The van der Waals surface area contributed by atoms with Gasteiger partial charge in [0, 0.05) is 17.2 Å². The zero-order chi connectivity index (χ0) is 18.5. The van der Waals surface area contributed by atoms with Crippen molar-refractivity contribution in [3.8, 4) is 0 Å². The molecule has 0 saturated heterocycles. The lowest BCUT2D eigenvalue weighted by Crippen LogP contribution is -2.22. The molecule has 2 amide bonds. The van der Waals surface area contributed by atoms with E-state index < -0.39 is 0 Å². The van der Waals surface area contributed by atoms with Gasteiger partial charge < -0.3 is 5.32 Å². The third-order valence-corrected chi connectivity index (χ3v) is 4.26. The largest absolute Gasteiger partial charge is 0.326 e. The standard InChI is InChI=1S/C21H23N3O2/c1-14(2)19(15-6-4-3-5-7-15)23-24-21(26)17-10-12-18(13-11-17)22-20(25)16-8-9-16/h3-7,10-14,16H,8-9H2,1-2H3,(H,22,25)(H,24,26)/b23-19+. The molecule has 1 aliphatic rings. The van der Waals surface area contributed by atoms with Crippen LogP contribution in [-0.4, -0.2) is 17.5 Å². The summed E-state index contributed by atoms with van der Waals surface area (Å²) in [6.07, 6.45) is 1.92. The molecular formula is C21H23N3O2. The fourth-order valence-electron chi connectivity index (χ4n) is 2.61. The van der Waals surface area contributed by atoms with Gasteiger partial charge in [0.1, 0.15) is 0 Å². The molecule has 3 rings (SSSR count). The van der Waals surface area contributed by atoms with Crippen LogP contribution >= 0.6 is 0 Å². The van der Waals surface area contributed by atoms with Crippen molar-refractivity contribution in [3.63, 3.8) is 0 Å². The Balaban J connectivity index is 1.65. The minimum atomic E-state index is -0.279. The summed E-state index contributed by atoms with van der Waals surface area (Å²) in [6, 6.07) is 16.6. The quantitative estimate of drug-likeness (QED) is 0.615. The molecule has 1 aliphatic carbocycles. The van der Waals surface area contributed by atoms with E-state index in [-0.39, 0.29) is 23.7 Å². The number of nitrogens with one attached hydrogen (secondary N) is 2. The zero-order valence-corrected chi connectivity index (χ0v) is 15.0. The van der Waals surface area contributed by atoms with Crippen LogP contribution in [0.3, 0.4) is 0 Å². The van der Waals surface area contributed by atoms with Crippen molar-refractivity contribution in [1.29, 1.82) is 0 Å². The Kier molecular flexibility index (Phi) is 5.46. The maximum Gasteiger partial charge on any atom is 0.271 e. The van der Waals surface area contributed by atoms with Gasteiger partial charge in [0.15, 0.2) is 0 Å². The van der Waals surface area contributed by atoms with Gasteiger partial charge in [-0.3, -0.25) is 9.59 Å². The van der Waals surface area contributed by atoms with Crippen LogP contribution < -0.4 is 10.7 Å². The second kappa shape index (κ2) is 7.95. The van der Waals surface area contributed by atoms with Gasteiger partial charge in [-0.05, 0) is 48.6 Å². The van der Waals surface area contributed by atoms with Gasteiger partial charge in [-0.2, -0.15) is 5.10 Å². The van der Waals surface area contributed by atoms with Crippen molar-refractivity contribution in [3.05, 3.63) is 65.7 Å². The van der Waals surface area contributed by atoms with E-state index in [4.69, 9.17) is 0 Å². The van der Waals surface area contributed by atoms with Crippen LogP contribution in [0.5, 0.6) is 0 Å². The molecular weight excluding hydrogens is 326 g/mol. The first-order valence-corrected chi connectivity index (χ1v) is 8.89. The Bertz CT molecular complexity index is 807. The van der Waals surface area contributed by atoms with Crippen LogP contribution in [0.2, 0.25) is 0 Å². The third-order valence-electron chi connectivity index (χ3n) is 4.26. The molecule has 0 unspecified atom stereocenters. The normalized spacial score (nSPS) is 14.2. The third kappa shape index (κ3) is 4.57. The average molecular weight is 349 g/mol. The van der Waals surface area contributed by atoms with E-state index in [2.05, 4.69) is 15.8 Å². The van der Waals surface area contributed by atoms with Gasteiger partial charge in [0.05, 0.1) is 5.71 Å². The molecule has 0 radical (unpaired) electrons. The monoisotopic (exact) mass is 349 g/mol. The lowest BCUT2D eigenvalue weighted by atomic mass is 10.0. The number of hydrogen-bond donors (Lipinski definition) is 2. The number of carbonyl (C=O) groups is 2. The molecule has 0 bridgehead atoms. The summed E-state index contributed by atoms with van der Waals surface area (Å²) in [5, 5.41) is 7.18. The number of anilines is 1. The summed E-state index contributed by atoms with van der Waals surface area (Å²) < 4.78 is 0. The van der Waals surface area contributed by atoms with Crippen molar-refractivity contribution in [2.24, 2.45) is 16.9 Å². The van der Waals surface area contributed by atoms with Crippen LogP contribution in [0.15, 0.2) is 59.7 Å². The summed E-state index contributed by atoms with van der Waals surface area (Å²) in [5.41, 5.74) is 5.64. The highest BCUT2D eigenvalue weighted by Gasteiger charge is 2.29. The molecule has 5 nitrogen and oxygen atoms in total. The fraction of sp³-hybridized carbons (Fsp3) is 0.286. The molecule has 2 aromatic rings. The van der Waals surface area contributed by atoms with Gasteiger partial charge in [-0.1, -0.05) is 44.2 Å². The molecule has 1 saturated carbocycles. The summed E-state index contributed by atoms with van der Waals surface area (Å²) >= 11 is 0. The molecule has 0 heterocycles. The first-order chi connectivity index (χ1) is 12.5. The van der Waals surface area contributed by atoms with E-state index in [9.17, 15) is 9.59 Å². The minimum absolute atomic E-state index is 0.0521. The average Bonchev–Trinajstić information content (AvgIpc) is 3.48. The molecule has 26 heavy (non-hydrogen) atoms. The summed E-state index contributed by atoms with van der Waals surface area (Å²) in [5.74, 6) is 0.104. The first kappa shape index (κ1) is 17.9. The number of benzene rings is 2. The summed E-state index contributed by atoms with van der Waals surface area (Å²) in [7, 11) is 0. The molecule has 0 aromatic heterocycles. The maximum absolute atomic E-state index is 12.3. The Morgan fingerprint density at radius 1 is 0.962 bits per heavy atom. The summed E-state index contributed by atoms with van der Waals surface area (Å²) in [6.45, 7) is 4.07. The molecule has 134 valence electrons. The molecule has 1 fully saturated rings. The Hall–Kier alpha value is -2.95. The van der Waals surface area contributed by atoms with Crippen LogP contribution in [0.4, 0.5) is 5.69 Å². The Morgan fingerprint density at radius 3 is 2.19 bits per heavy atom. The molecule has 2 aromatic carbocycles. The minimum Gasteiger partial charge on any atom is -0.326 e. The number of rotatable bonds is 6. The van der Waals surface area contributed by atoms with Crippen LogP contribution in [0.25, 0.3) is 0 Å². The van der Waals surface area contributed by atoms with Gasteiger partial charge in [0.2, 0.25) is 5.91 Å². The lowest BCUT2D eigenvalue weighted by Gasteiger charge is -2.11. The van der Waals surface area contributed by atoms with Gasteiger partial charge in [0.25, 0.3) is 5.91 Å². The molecule has 0 atom stereocenters. The van der Waals surface area contributed by atoms with E-state index in [1.807, 2.05) is 44.2 Å². The zero-order valence-electron chi connectivity index (χ0n) is 15.0. The maximum atomic E-state index is 12.3. The van der Waals surface area contributed by atoms with E-state index >= 15 is 0 Å². The van der Waals surface area contributed by atoms with Crippen molar-refractivity contribution >= 4 is 23.2 Å². The van der Waals surface area contributed by atoms with E-state index in [0.717, 1.165) is 24.1 Å². The SMILES string of the molecule is CC(C)/C(=N\NC(=O)c1ccc(NC(=O)C2CC2)cc1)c1ccccc1. The lowest BCUT2D eigenvalue weighted by molar-refractivity contribution is -0.117. The van der Waals surface area contributed by atoms with Crippen LogP contribution in [0, 0.1) is 11.8 Å². The van der Waals surface area contributed by atoms with Gasteiger partial charge >= 0.3 is 0 Å². The van der Waals surface area contributed by atoms with Crippen molar-refractivity contribution in [2.45, 2.75) is 26.7 Å². The molecule has 5 heteroatoms. The van der Waals surface area contributed by atoms with E-state index in [1.165, 1.54) is 0 Å². The molecule has 2 N–H and O–H groups in total. The highest BCUT2D eigenvalue weighted by molar-refractivity contribution is 6.03. The first-order valence-electron chi connectivity index (χ1n) is 8.89. The topological polar surface area (TPSA) is 70.6 Å². The number of nitrogens with zero attached hydrogens (tertiary/aromatic N) is 1. The smallest absolute Gasteiger partial charge is 0.271 e. The second-order valence-corrected chi connectivity index (χ2v) is 6.80. The van der Waals surface area contributed by atoms with Crippen LogP contribution in [0.1, 0.15) is 42.6 Å². The number of hydrogen-bond acceptors (Lipinski definition) is 3. The van der Waals surface area contributed by atoms with Crippen LogP contribution in [-0.2, 0) is 4.79 Å². The van der Waals surface area contributed by atoms with E-state index in [1.54, 1.807) is 24.3 Å². The predicted molar refractivity (Wildman–Crippen MR) is 103 cm³/mol. The Morgan fingerprint density at radius 2 is 1.62 bits per heavy atom. The fourth-order valence-corrected chi connectivity index (χ4v) is 2.61. The molecule has 0 spiro atoms. The summed E-state index contributed by atoms with van der Waals surface area (Å²) in [4.78, 5) is 24.1. The van der Waals surface area contributed by atoms with Crippen molar-refractivity contribution in [1.82, 2.24) is 5.43 Å². The molecule has 0 aliphatic heterocycles. The highest BCUT2D eigenvalue weighted by Crippen LogP contribution is 2.30. The Labute approximate surface area is 153 Å². The highest BCUT2D eigenvalue weighted by atomic mass is 16.2. The predicted octanol–water partition coefficient (Wildman–Crippen LogP) is 3.83. The van der Waals surface area contributed by atoms with E-state index in [0.29, 0.717) is 11.3 Å². The number of amides is 2. The van der Waals surface area contributed by atoms with Gasteiger partial charge in [-0.25, -0.2) is 5.43 Å². The number of carbonyl (C=O) groups excluding carboxylic acids is 2. The van der Waals surface area contributed by atoms with Crippen molar-refractivity contribution in [2.75, 3.05) is 5.32 Å². The second-order valence-electron chi connectivity index (χ2n) is 6.80. The van der Waals surface area contributed by atoms with Crippen molar-refractivity contribution < 1.29 is 9.59 Å². The number of hydrazone groups is 1. The van der Waals surface area contributed by atoms with Gasteiger partial charge in [-0.15, -0.1) is 0 Å².